The highest BCUT2D eigenvalue weighted by molar-refractivity contribution is 5.55. The van der Waals surface area contributed by atoms with Crippen molar-refractivity contribution in [3.63, 3.8) is 0 Å². The third kappa shape index (κ3) is 2.87. The predicted octanol–water partition coefficient (Wildman–Crippen LogP) is 2.14. The predicted molar refractivity (Wildman–Crippen MR) is 81.9 cm³/mol. The summed E-state index contributed by atoms with van der Waals surface area (Å²) in [6, 6.07) is 0.476. The van der Waals surface area contributed by atoms with Crippen molar-refractivity contribution in [1.82, 2.24) is 14.9 Å². The zero-order valence-electron chi connectivity index (χ0n) is 12.5. The molecule has 2 heterocycles. The van der Waals surface area contributed by atoms with Gasteiger partial charge in [-0.3, -0.25) is 0 Å². The smallest absolute Gasteiger partial charge is 0.136 e. The van der Waals surface area contributed by atoms with Crippen LogP contribution in [-0.2, 0) is 0 Å². The molecule has 5 nitrogen and oxygen atoms in total. The molecule has 3 rings (SSSR count). The van der Waals surface area contributed by atoms with E-state index in [1.807, 2.05) is 6.92 Å². The minimum Gasteiger partial charge on any atom is -0.383 e. The van der Waals surface area contributed by atoms with Crippen LogP contribution in [0.2, 0.25) is 0 Å². The first-order valence-corrected chi connectivity index (χ1v) is 7.80. The zero-order valence-corrected chi connectivity index (χ0v) is 12.5. The Morgan fingerprint density at radius 3 is 2.80 bits per heavy atom. The minimum absolute atomic E-state index is 0.476. The topological polar surface area (TPSA) is 67.1 Å². The molecule has 0 amide bonds. The van der Waals surface area contributed by atoms with Gasteiger partial charge in [0, 0.05) is 24.1 Å². The van der Waals surface area contributed by atoms with Gasteiger partial charge in [-0.2, -0.15) is 0 Å². The van der Waals surface area contributed by atoms with Gasteiger partial charge in [-0.15, -0.1) is 0 Å². The van der Waals surface area contributed by atoms with Gasteiger partial charge in [-0.1, -0.05) is 6.92 Å². The van der Waals surface area contributed by atoms with Crippen LogP contribution in [0.15, 0.2) is 0 Å². The van der Waals surface area contributed by atoms with E-state index < -0.39 is 0 Å². The zero-order chi connectivity index (χ0) is 14.1. The number of nitrogens with one attached hydrogen (secondary N) is 1. The van der Waals surface area contributed by atoms with E-state index in [1.54, 1.807) is 0 Å². The van der Waals surface area contributed by atoms with Crippen LogP contribution < -0.4 is 11.1 Å². The summed E-state index contributed by atoms with van der Waals surface area (Å²) in [4.78, 5) is 11.6. The van der Waals surface area contributed by atoms with Crippen molar-refractivity contribution < 1.29 is 0 Å². The summed E-state index contributed by atoms with van der Waals surface area (Å²) in [5.74, 6) is 3.05. The van der Waals surface area contributed by atoms with E-state index in [0.29, 0.717) is 17.8 Å². The molecule has 110 valence electrons. The molecule has 20 heavy (non-hydrogen) atoms. The molecule has 1 aromatic rings. The maximum absolute atomic E-state index is 6.04. The van der Waals surface area contributed by atoms with Crippen molar-refractivity contribution in [3.05, 3.63) is 11.4 Å². The van der Waals surface area contributed by atoms with E-state index in [0.717, 1.165) is 30.3 Å². The van der Waals surface area contributed by atoms with E-state index in [9.17, 15) is 0 Å². The minimum atomic E-state index is 0.476. The Bertz CT molecular complexity index is 483. The second-order valence-electron chi connectivity index (χ2n) is 6.09. The SMILES string of the molecule is CCN1CCCC(Nc2nc(C3CC3)nc(N)c2C)C1. The number of likely N-dealkylation sites (tertiary alicyclic amines) is 1. The summed E-state index contributed by atoms with van der Waals surface area (Å²) in [6.45, 7) is 7.66. The maximum atomic E-state index is 6.04. The summed E-state index contributed by atoms with van der Waals surface area (Å²) < 4.78 is 0. The lowest BCUT2D eigenvalue weighted by atomic mass is 10.1. The fourth-order valence-electron chi connectivity index (χ4n) is 2.87. The lowest BCUT2D eigenvalue weighted by Gasteiger charge is -2.32. The van der Waals surface area contributed by atoms with Gasteiger partial charge in [0.05, 0.1) is 0 Å². The molecule has 0 spiro atoms. The fraction of sp³-hybridized carbons (Fsp3) is 0.733. The number of nitrogens with zero attached hydrogens (tertiary/aromatic N) is 3. The van der Waals surface area contributed by atoms with Gasteiger partial charge in [0.15, 0.2) is 0 Å². The Kier molecular flexibility index (Phi) is 3.78. The largest absolute Gasteiger partial charge is 0.383 e. The van der Waals surface area contributed by atoms with Crippen LogP contribution in [0, 0.1) is 6.92 Å². The van der Waals surface area contributed by atoms with Crippen molar-refractivity contribution in [2.24, 2.45) is 0 Å². The van der Waals surface area contributed by atoms with Crippen LogP contribution in [0.3, 0.4) is 0 Å². The van der Waals surface area contributed by atoms with Crippen molar-refractivity contribution in [2.45, 2.75) is 51.5 Å². The summed E-state index contributed by atoms with van der Waals surface area (Å²) in [5, 5.41) is 3.60. The summed E-state index contributed by atoms with van der Waals surface area (Å²) in [5.41, 5.74) is 7.03. The highest BCUT2D eigenvalue weighted by atomic mass is 15.2. The first-order chi connectivity index (χ1) is 9.67. The highest BCUT2D eigenvalue weighted by Crippen LogP contribution is 2.39. The number of hydrogen-bond acceptors (Lipinski definition) is 5. The molecule has 1 aliphatic heterocycles. The number of nitrogen functional groups attached to an aromatic ring is 1. The molecule has 0 aromatic carbocycles. The van der Waals surface area contributed by atoms with Gasteiger partial charge in [0.25, 0.3) is 0 Å². The number of likely N-dealkylation sites (N-methyl/N-ethyl adjacent to an activating group) is 1. The van der Waals surface area contributed by atoms with E-state index in [4.69, 9.17) is 10.7 Å². The van der Waals surface area contributed by atoms with Gasteiger partial charge in [-0.05, 0) is 45.7 Å². The summed E-state index contributed by atoms with van der Waals surface area (Å²) >= 11 is 0. The molecule has 3 N–H and O–H groups in total. The van der Waals surface area contributed by atoms with Gasteiger partial charge in [0.1, 0.15) is 17.5 Å². The standard InChI is InChI=1S/C15H25N5/c1-3-20-8-4-5-12(9-20)17-14-10(2)13(16)18-15(19-14)11-6-7-11/h11-12H,3-9H2,1-2H3,(H3,16,17,18,19). The third-order valence-electron chi connectivity index (χ3n) is 4.44. The Balaban J connectivity index is 1.75. The van der Waals surface area contributed by atoms with E-state index in [2.05, 4.69) is 22.1 Å². The first kappa shape index (κ1) is 13.6. The van der Waals surface area contributed by atoms with Crippen molar-refractivity contribution in [1.29, 1.82) is 0 Å². The molecule has 2 aliphatic rings. The van der Waals surface area contributed by atoms with E-state index in [-0.39, 0.29) is 0 Å². The Morgan fingerprint density at radius 1 is 1.30 bits per heavy atom. The first-order valence-electron chi connectivity index (χ1n) is 7.80. The number of anilines is 2. The van der Waals surface area contributed by atoms with Crippen LogP contribution in [-0.4, -0.2) is 40.5 Å². The average Bonchev–Trinajstić information content (AvgIpc) is 3.28. The van der Waals surface area contributed by atoms with E-state index >= 15 is 0 Å². The van der Waals surface area contributed by atoms with Crippen molar-refractivity contribution in [2.75, 3.05) is 30.7 Å². The number of piperidine rings is 1. The highest BCUT2D eigenvalue weighted by Gasteiger charge is 2.28. The van der Waals surface area contributed by atoms with Crippen LogP contribution >= 0.6 is 0 Å². The third-order valence-corrected chi connectivity index (χ3v) is 4.44. The van der Waals surface area contributed by atoms with Crippen LogP contribution in [0.1, 0.15) is 49.9 Å². The lowest BCUT2D eigenvalue weighted by Crippen LogP contribution is -2.42. The molecule has 1 saturated carbocycles. The molecule has 1 atom stereocenters. The summed E-state index contributed by atoms with van der Waals surface area (Å²) in [7, 11) is 0. The van der Waals surface area contributed by atoms with Crippen molar-refractivity contribution in [3.8, 4) is 0 Å². The summed E-state index contributed by atoms with van der Waals surface area (Å²) in [6.07, 6.45) is 4.86. The number of rotatable bonds is 4. The molecular formula is C15H25N5. The molecular weight excluding hydrogens is 250 g/mol. The van der Waals surface area contributed by atoms with Crippen LogP contribution in [0.5, 0.6) is 0 Å². The quantitative estimate of drug-likeness (QED) is 0.881. The van der Waals surface area contributed by atoms with Crippen molar-refractivity contribution >= 4 is 11.6 Å². The molecule has 1 unspecified atom stereocenters. The molecule has 1 aliphatic carbocycles. The number of nitrogens with two attached hydrogens (primary N) is 1. The lowest BCUT2D eigenvalue weighted by molar-refractivity contribution is 0.226. The second kappa shape index (κ2) is 5.56. The van der Waals surface area contributed by atoms with Gasteiger partial charge in [0.2, 0.25) is 0 Å². The molecule has 0 radical (unpaired) electrons. The van der Waals surface area contributed by atoms with Crippen LogP contribution in [0.25, 0.3) is 0 Å². The molecule has 1 aromatic heterocycles. The molecule has 0 bridgehead atoms. The Labute approximate surface area is 121 Å². The average molecular weight is 275 g/mol. The van der Waals surface area contributed by atoms with Gasteiger partial charge >= 0.3 is 0 Å². The second-order valence-corrected chi connectivity index (χ2v) is 6.09. The van der Waals surface area contributed by atoms with Crippen LogP contribution in [0.4, 0.5) is 11.6 Å². The Morgan fingerprint density at radius 2 is 2.10 bits per heavy atom. The normalized spacial score (nSPS) is 23.8. The maximum Gasteiger partial charge on any atom is 0.136 e. The van der Waals surface area contributed by atoms with Gasteiger partial charge < -0.3 is 16.0 Å². The van der Waals surface area contributed by atoms with E-state index in [1.165, 1.54) is 32.2 Å². The molecule has 1 saturated heterocycles. The van der Waals surface area contributed by atoms with Gasteiger partial charge in [-0.25, -0.2) is 9.97 Å². The fourth-order valence-corrected chi connectivity index (χ4v) is 2.87. The number of hydrogen-bond donors (Lipinski definition) is 2. The molecule has 2 fully saturated rings. The monoisotopic (exact) mass is 275 g/mol. The Hall–Kier alpha value is -1.36. The molecule has 5 heteroatoms. The number of aromatic nitrogens is 2.